The zero-order valence-corrected chi connectivity index (χ0v) is 19.7. The molecular weight excluding hydrogens is 452 g/mol. The Morgan fingerprint density at radius 1 is 1.06 bits per heavy atom. The number of aromatic nitrogens is 5. The number of fused-ring (bicyclic) bond motifs is 2. The lowest BCUT2D eigenvalue weighted by Gasteiger charge is -2.21. The van der Waals surface area contributed by atoms with Gasteiger partial charge in [-0.1, -0.05) is 42.5 Å². The van der Waals surface area contributed by atoms with E-state index in [2.05, 4.69) is 16.9 Å². The van der Waals surface area contributed by atoms with Gasteiger partial charge in [0, 0.05) is 14.1 Å². The number of aryl methyl sites for hydroxylation is 3. The minimum absolute atomic E-state index is 0.258. The summed E-state index contributed by atoms with van der Waals surface area (Å²) >= 11 is 1.38. The van der Waals surface area contributed by atoms with Crippen LogP contribution in [0.15, 0.2) is 64.4 Å². The number of anilines is 2. The number of imidazole rings is 1. The van der Waals surface area contributed by atoms with Crippen molar-refractivity contribution in [2.24, 2.45) is 14.1 Å². The van der Waals surface area contributed by atoms with Crippen molar-refractivity contribution in [3.8, 4) is 0 Å². The van der Waals surface area contributed by atoms with E-state index < -0.39 is 23.7 Å². The van der Waals surface area contributed by atoms with Crippen LogP contribution in [0.5, 0.6) is 0 Å². The number of hydrogen-bond donors (Lipinski definition) is 0. The third kappa shape index (κ3) is 3.52. The lowest BCUT2D eigenvalue weighted by Crippen LogP contribution is -2.43. The maximum absolute atomic E-state index is 13.7. The minimum atomic E-state index is -0.602. The molecule has 0 radical (unpaired) electrons. The molecule has 0 fully saturated rings. The number of carbonyl (C=O) groups excluding carboxylic acids is 1. The zero-order chi connectivity index (χ0) is 24.0. The van der Waals surface area contributed by atoms with Crippen molar-refractivity contribution in [2.45, 2.75) is 19.9 Å². The fourth-order valence-corrected chi connectivity index (χ4v) is 4.94. The number of amides is 1. The molecule has 0 aliphatic carbocycles. The number of benzene rings is 2. The molecule has 0 aliphatic heterocycles. The normalized spacial score (nSPS) is 11.4. The van der Waals surface area contributed by atoms with E-state index in [0.29, 0.717) is 10.8 Å². The Morgan fingerprint density at radius 3 is 2.50 bits per heavy atom. The highest BCUT2D eigenvalue weighted by Gasteiger charge is 2.25. The summed E-state index contributed by atoms with van der Waals surface area (Å²) in [6.07, 6.45) is 2.34. The largest absolute Gasteiger partial charge is 0.332 e. The van der Waals surface area contributed by atoms with E-state index in [1.54, 1.807) is 11.6 Å². The predicted octanol–water partition coefficient (Wildman–Crippen LogP) is 2.97. The molecule has 3 heterocycles. The number of carbonyl (C=O) groups is 1. The van der Waals surface area contributed by atoms with Gasteiger partial charge in [0.15, 0.2) is 16.3 Å². The lowest BCUT2D eigenvalue weighted by atomic mass is 10.1. The first-order valence-electron chi connectivity index (χ1n) is 10.8. The van der Waals surface area contributed by atoms with Gasteiger partial charge < -0.3 is 4.57 Å². The summed E-state index contributed by atoms with van der Waals surface area (Å²) in [5.41, 5.74) is 1.90. The number of rotatable bonds is 5. The first kappa shape index (κ1) is 21.8. The number of hydrogen-bond acceptors (Lipinski definition) is 6. The first-order chi connectivity index (χ1) is 16.4. The molecule has 0 spiro atoms. The van der Waals surface area contributed by atoms with Crippen molar-refractivity contribution in [3.63, 3.8) is 0 Å². The average molecular weight is 475 g/mol. The van der Waals surface area contributed by atoms with Gasteiger partial charge in [0.1, 0.15) is 6.54 Å². The van der Waals surface area contributed by atoms with Crippen LogP contribution in [-0.2, 0) is 31.9 Å². The molecule has 3 aromatic heterocycles. The van der Waals surface area contributed by atoms with Crippen molar-refractivity contribution in [2.75, 3.05) is 4.90 Å². The van der Waals surface area contributed by atoms with Crippen LogP contribution < -0.4 is 16.1 Å². The summed E-state index contributed by atoms with van der Waals surface area (Å²) in [5.74, 6) is -0.441. The van der Waals surface area contributed by atoms with Gasteiger partial charge in [-0.3, -0.25) is 19.1 Å². The molecule has 5 aromatic rings. The van der Waals surface area contributed by atoms with Crippen LogP contribution in [0.3, 0.4) is 0 Å². The van der Waals surface area contributed by atoms with Crippen LogP contribution in [0.4, 0.5) is 10.8 Å². The van der Waals surface area contributed by atoms with Gasteiger partial charge in [0.05, 0.1) is 22.2 Å². The second-order valence-electron chi connectivity index (χ2n) is 7.97. The van der Waals surface area contributed by atoms with Crippen LogP contribution in [0.2, 0.25) is 0 Å². The fraction of sp³-hybridized carbons (Fsp3) is 0.208. The van der Waals surface area contributed by atoms with E-state index in [1.807, 2.05) is 48.5 Å². The molecule has 5 rings (SSSR count). The summed E-state index contributed by atoms with van der Waals surface area (Å²) in [4.78, 5) is 50.1. The fourth-order valence-electron chi connectivity index (χ4n) is 3.94. The van der Waals surface area contributed by atoms with Gasteiger partial charge in [-0.25, -0.2) is 19.3 Å². The molecule has 0 N–H and O–H groups in total. The number of nitrogens with zero attached hydrogens (tertiary/aromatic N) is 6. The molecular formula is C24H22N6O3S. The molecule has 0 aliphatic rings. The van der Waals surface area contributed by atoms with Crippen molar-refractivity contribution in [1.29, 1.82) is 0 Å². The van der Waals surface area contributed by atoms with Gasteiger partial charge in [0.25, 0.3) is 11.5 Å². The van der Waals surface area contributed by atoms with E-state index in [0.717, 1.165) is 26.8 Å². The van der Waals surface area contributed by atoms with Gasteiger partial charge >= 0.3 is 5.69 Å². The smallest absolute Gasteiger partial charge is 0.328 e. The first-order valence-corrected chi connectivity index (χ1v) is 11.6. The molecule has 1 amide bonds. The summed E-state index contributed by atoms with van der Waals surface area (Å²) in [6.45, 7) is 1.63. The summed E-state index contributed by atoms with van der Waals surface area (Å²) < 4.78 is 4.71. The molecule has 10 heteroatoms. The molecule has 0 saturated heterocycles. The van der Waals surface area contributed by atoms with E-state index >= 15 is 0 Å². The van der Waals surface area contributed by atoms with Gasteiger partial charge in [-0.2, -0.15) is 0 Å². The summed E-state index contributed by atoms with van der Waals surface area (Å²) in [7, 11) is 3.21. The van der Waals surface area contributed by atoms with E-state index in [-0.39, 0.29) is 11.2 Å². The van der Waals surface area contributed by atoms with E-state index in [1.165, 1.54) is 34.2 Å². The maximum atomic E-state index is 13.7. The molecule has 0 atom stereocenters. The molecule has 34 heavy (non-hydrogen) atoms. The second-order valence-corrected chi connectivity index (χ2v) is 8.98. The Bertz CT molecular complexity index is 1630. The third-order valence-electron chi connectivity index (χ3n) is 5.82. The highest BCUT2D eigenvalue weighted by atomic mass is 32.1. The Balaban J connectivity index is 1.63. The Labute approximate surface area is 198 Å². The van der Waals surface area contributed by atoms with Gasteiger partial charge in [-0.15, -0.1) is 0 Å². The standard InChI is InChI=1S/C24H22N6O3S/c1-4-15-9-11-16(12-10-15)30(23-26-17-7-5-6-8-18(17)34-23)19(31)13-29-22(32)20-21(25-14-27(20)2)28(3)24(29)33/h5-12,14H,4,13H2,1-3H3. The van der Waals surface area contributed by atoms with Crippen LogP contribution in [0, 0.1) is 0 Å². The quantitative estimate of drug-likeness (QED) is 0.390. The second kappa shape index (κ2) is 8.38. The molecule has 0 unspecified atom stereocenters. The summed E-state index contributed by atoms with van der Waals surface area (Å²) in [6, 6.07) is 15.2. The average Bonchev–Trinajstić information content (AvgIpc) is 3.44. The molecule has 0 saturated carbocycles. The van der Waals surface area contributed by atoms with Crippen LogP contribution in [0.1, 0.15) is 12.5 Å². The predicted molar refractivity (Wildman–Crippen MR) is 133 cm³/mol. The van der Waals surface area contributed by atoms with Crippen molar-refractivity contribution < 1.29 is 4.79 Å². The van der Waals surface area contributed by atoms with E-state index in [4.69, 9.17) is 0 Å². The van der Waals surface area contributed by atoms with E-state index in [9.17, 15) is 14.4 Å². The van der Waals surface area contributed by atoms with Crippen molar-refractivity contribution >= 4 is 49.4 Å². The van der Waals surface area contributed by atoms with Crippen molar-refractivity contribution in [3.05, 3.63) is 81.3 Å². The molecule has 172 valence electrons. The van der Waals surface area contributed by atoms with Crippen LogP contribution in [0.25, 0.3) is 21.4 Å². The monoisotopic (exact) mass is 474 g/mol. The summed E-state index contributed by atoms with van der Waals surface area (Å²) in [5, 5.41) is 0.474. The third-order valence-corrected chi connectivity index (χ3v) is 6.84. The maximum Gasteiger partial charge on any atom is 0.332 e. The van der Waals surface area contributed by atoms with Crippen LogP contribution >= 0.6 is 11.3 Å². The molecule has 0 bridgehead atoms. The highest BCUT2D eigenvalue weighted by Crippen LogP contribution is 2.33. The topological polar surface area (TPSA) is 95.0 Å². The highest BCUT2D eigenvalue weighted by molar-refractivity contribution is 7.22. The SMILES string of the molecule is CCc1ccc(N(C(=O)Cn2c(=O)c3c(ncn3C)n(C)c2=O)c2nc3ccccc3s2)cc1. The zero-order valence-electron chi connectivity index (χ0n) is 18.9. The van der Waals surface area contributed by atoms with Gasteiger partial charge in [-0.05, 0) is 36.2 Å². The Morgan fingerprint density at radius 2 is 1.79 bits per heavy atom. The molecule has 9 nitrogen and oxygen atoms in total. The van der Waals surface area contributed by atoms with Gasteiger partial charge in [0.2, 0.25) is 0 Å². The lowest BCUT2D eigenvalue weighted by molar-refractivity contribution is -0.118. The van der Waals surface area contributed by atoms with Crippen LogP contribution in [-0.4, -0.2) is 29.6 Å². The number of para-hydroxylation sites is 1. The number of thiazole rings is 1. The minimum Gasteiger partial charge on any atom is -0.328 e. The Hall–Kier alpha value is -4.05. The van der Waals surface area contributed by atoms with Crippen molar-refractivity contribution in [1.82, 2.24) is 23.7 Å². The Kier molecular flexibility index (Phi) is 5.37. The molecule has 2 aromatic carbocycles.